The fraction of sp³-hybridized carbons (Fsp3) is 0.417. The molecule has 1 unspecified atom stereocenters. The molecular formula is C24H27F2N3O2. The molecule has 164 valence electrons. The van der Waals surface area contributed by atoms with Crippen LogP contribution in [0.5, 0.6) is 0 Å². The molecule has 31 heavy (non-hydrogen) atoms. The predicted octanol–water partition coefficient (Wildman–Crippen LogP) is 3.55. The van der Waals surface area contributed by atoms with E-state index in [-0.39, 0.29) is 29.6 Å². The molecule has 2 aromatic rings. The number of nitrogens with one attached hydrogen (secondary N) is 1. The summed E-state index contributed by atoms with van der Waals surface area (Å²) >= 11 is 0. The number of hydrogen-bond donors (Lipinski definition) is 1. The highest BCUT2D eigenvalue weighted by molar-refractivity contribution is 5.94. The van der Waals surface area contributed by atoms with Crippen LogP contribution in [0.3, 0.4) is 0 Å². The Hall–Kier alpha value is -2.80. The second-order valence-electron chi connectivity index (χ2n) is 8.75. The molecule has 2 fully saturated rings. The second-order valence-corrected chi connectivity index (χ2v) is 8.75. The molecule has 2 saturated heterocycles. The van der Waals surface area contributed by atoms with Crippen molar-refractivity contribution in [2.45, 2.75) is 44.9 Å². The number of hydrogen-bond acceptors (Lipinski definition) is 3. The minimum absolute atomic E-state index is 0.0317. The number of rotatable bonds is 4. The molecule has 1 N–H and O–H groups in total. The summed E-state index contributed by atoms with van der Waals surface area (Å²) in [5.74, 6) is -0.802. The van der Waals surface area contributed by atoms with Crippen LogP contribution in [-0.4, -0.2) is 46.4 Å². The number of benzene rings is 2. The summed E-state index contributed by atoms with van der Waals surface area (Å²) in [6.45, 7) is 5.31. The van der Waals surface area contributed by atoms with Gasteiger partial charge in [-0.05, 0) is 41.8 Å². The summed E-state index contributed by atoms with van der Waals surface area (Å²) in [5, 5.41) is 3.55. The number of carbonyl (C=O) groups is 2. The van der Waals surface area contributed by atoms with Gasteiger partial charge in [0.2, 0.25) is 5.91 Å². The van der Waals surface area contributed by atoms with Gasteiger partial charge in [0.1, 0.15) is 11.6 Å². The highest BCUT2D eigenvalue weighted by Crippen LogP contribution is 2.36. The third-order valence-electron chi connectivity index (χ3n) is 6.34. The minimum Gasteiger partial charge on any atom is -0.338 e. The van der Waals surface area contributed by atoms with Crippen LogP contribution in [0.2, 0.25) is 0 Å². The molecule has 2 amide bonds. The van der Waals surface area contributed by atoms with Crippen molar-refractivity contribution in [3.8, 4) is 0 Å². The molecule has 4 rings (SSSR count). The zero-order chi connectivity index (χ0) is 22.2. The number of halogens is 2. The van der Waals surface area contributed by atoms with Gasteiger partial charge >= 0.3 is 0 Å². The van der Waals surface area contributed by atoms with E-state index in [1.807, 2.05) is 18.7 Å². The summed E-state index contributed by atoms with van der Waals surface area (Å²) < 4.78 is 26.9. The Balaban J connectivity index is 1.53. The van der Waals surface area contributed by atoms with Crippen LogP contribution in [0, 0.1) is 17.6 Å². The number of piperidine rings is 1. The van der Waals surface area contributed by atoms with Crippen LogP contribution in [0.15, 0.2) is 48.5 Å². The Morgan fingerprint density at radius 3 is 2.39 bits per heavy atom. The summed E-state index contributed by atoms with van der Waals surface area (Å²) in [4.78, 5) is 29.6. The maximum Gasteiger partial charge on any atom is 0.253 e. The highest BCUT2D eigenvalue weighted by atomic mass is 19.1. The van der Waals surface area contributed by atoms with Gasteiger partial charge < -0.3 is 9.80 Å². The van der Waals surface area contributed by atoms with Gasteiger partial charge in [-0.1, -0.05) is 32.0 Å². The maximum absolute atomic E-state index is 13.5. The first kappa shape index (κ1) is 21.4. The van der Waals surface area contributed by atoms with Gasteiger partial charge in [0.25, 0.3) is 5.91 Å². The molecule has 5 nitrogen and oxygen atoms in total. The lowest BCUT2D eigenvalue weighted by Gasteiger charge is -2.44. The van der Waals surface area contributed by atoms with Crippen LogP contribution < -0.4 is 5.32 Å². The van der Waals surface area contributed by atoms with E-state index in [4.69, 9.17) is 0 Å². The van der Waals surface area contributed by atoms with E-state index in [0.29, 0.717) is 38.0 Å². The molecule has 1 spiro atoms. The molecule has 0 radical (unpaired) electrons. The van der Waals surface area contributed by atoms with Crippen molar-refractivity contribution in [2.24, 2.45) is 5.92 Å². The molecule has 2 aromatic carbocycles. The van der Waals surface area contributed by atoms with E-state index in [1.165, 1.54) is 30.3 Å². The first-order valence-corrected chi connectivity index (χ1v) is 10.7. The van der Waals surface area contributed by atoms with Crippen molar-refractivity contribution in [1.29, 1.82) is 0 Å². The highest BCUT2D eigenvalue weighted by Gasteiger charge is 2.52. The zero-order valence-electron chi connectivity index (χ0n) is 17.8. The normalized spacial score (nSPS) is 20.7. The molecule has 7 heteroatoms. The Bertz CT molecular complexity index is 969. The number of likely N-dealkylation sites (tertiary alicyclic amines) is 1. The van der Waals surface area contributed by atoms with Crippen molar-refractivity contribution in [2.75, 3.05) is 13.1 Å². The van der Waals surface area contributed by atoms with Crippen LogP contribution >= 0.6 is 0 Å². The molecule has 1 atom stereocenters. The van der Waals surface area contributed by atoms with Gasteiger partial charge in [0.15, 0.2) is 0 Å². The van der Waals surface area contributed by atoms with Crippen molar-refractivity contribution in [3.05, 3.63) is 71.3 Å². The summed E-state index contributed by atoms with van der Waals surface area (Å²) in [7, 11) is 0. The lowest BCUT2D eigenvalue weighted by atomic mass is 9.94. The van der Waals surface area contributed by atoms with E-state index in [1.54, 1.807) is 23.1 Å². The number of carbonyl (C=O) groups excluding carboxylic acids is 2. The van der Waals surface area contributed by atoms with Crippen LogP contribution in [0.1, 0.15) is 42.6 Å². The van der Waals surface area contributed by atoms with Gasteiger partial charge in [-0.2, -0.15) is 0 Å². The van der Waals surface area contributed by atoms with E-state index < -0.39 is 11.5 Å². The van der Waals surface area contributed by atoms with Crippen molar-refractivity contribution < 1.29 is 18.4 Å². The van der Waals surface area contributed by atoms with E-state index in [9.17, 15) is 18.4 Å². The van der Waals surface area contributed by atoms with Crippen molar-refractivity contribution >= 4 is 11.8 Å². The predicted molar refractivity (Wildman–Crippen MR) is 113 cm³/mol. The molecule has 0 bridgehead atoms. The second kappa shape index (κ2) is 8.38. The van der Waals surface area contributed by atoms with Gasteiger partial charge in [0.05, 0.1) is 11.7 Å². The smallest absolute Gasteiger partial charge is 0.253 e. The molecule has 0 aromatic heterocycles. The first-order valence-electron chi connectivity index (χ1n) is 10.7. The Morgan fingerprint density at radius 1 is 1.10 bits per heavy atom. The molecule has 2 aliphatic heterocycles. The molecule has 2 aliphatic rings. The average Bonchev–Trinajstić information content (AvgIpc) is 3.02. The number of amides is 2. The van der Waals surface area contributed by atoms with Gasteiger partial charge in [0, 0.05) is 38.0 Å². The Labute approximate surface area is 181 Å². The molecule has 0 aliphatic carbocycles. The molecule has 0 saturated carbocycles. The molecule has 2 heterocycles. The lowest BCUT2D eigenvalue weighted by Crippen LogP contribution is -2.59. The van der Waals surface area contributed by atoms with Gasteiger partial charge in [-0.25, -0.2) is 8.78 Å². The van der Waals surface area contributed by atoms with Crippen LogP contribution in [-0.2, 0) is 11.3 Å². The maximum atomic E-state index is 13.5. The van der Waals surface area contributed by atoms with Crippen molar-refractivity contribution in [1.82, 2.24) is 15.1 Å². The third kappa shape index (κ3) is 4.19. The van der Waals surface area contributed by atoms with Crippen LogP contribution in [0.4, 0.5) is 8.78 Å². The minimum atomic E-state index is -0.556. The quantitative estimate of drug-likeness (QED) is 0.812. The lowest BCUT2D eigenvalue weighted by molar-refractivity contribution is -0.134. The van der Waals surface area contributed by atoms with Gasteiger partial charge in [-0.3, -0.25) is 14.9 Å². The monoisotopic (exact) mass is 427 g/mol. The average molecular weight is 427 g/mol. The van der Waals surface area contributed by atoms with Gasteiger partial charge in [-0.15, -0.1) is 0 Å². The fourth-order valence-electron chi connectivity index (χ4n) is 4.56. The van der Waals surface area contributed by atoms with E-state index in [0.717, 1.165) is 5.56 Å². The zero-order valence-corrected chi connectivity index (χ0v) is 17.8. The van der Waals surface area contributed by atoms with Crippen LogP contribution in [0.25, 0.3) is 0 Å². The van der Waals surface area contributed by atoms with Crippen molar-refractivity contribution in [3.63, 3.8) is 0 Å². The summed E-state index contributed by atoms with van der Waals surface area (Å²) in [6, 6.07) is 11.6. The third-order valence-corrected chi connectivity index (χ3v) is 6.34. The van der Waals surface area contributed by atoms with E-state index >= 15 is 0 Å². The number of nitrogens with zero attached hydrogens (tertiary/aromatic N) is 2. The molecular weight excluding hydrogens is 400 g/mol. The van der Waals surface area contributed by atoms with E-state index in [2.05, 4.69) is 5.32 Å². The topological polar surface area (TPSA) is 52.7 Å². The Kier molecular flexibility index (Phi) is 5.79. The fourth-order valence-corrected chi connectivity index (χ4v) is 4.56. The standard InChI is InChI=1S/C24H27F2N3O2/c1-16(2)21-23(31)29(15-17-6-8-19(25)9-7-17)24(27-21)10-12-28(13-11-24)22(30)18-4-3-5-20(26)14-18/h3-9,14,16,21,27H,10-13,15H2,1-2H3. The summed E-state index contributed by atoms with van der Waals surface area (Å²) in [5.41, 5.74) is 0.632. The largest absolute Gasteiger partial charge is 0.338 e. The Morgan fingerprint density at radius 2 is 1.77 bits per heavy atom. The SMILES string of the molecule is CC(C)C1NC2(CCN(C(=O)c3cccc(F)c3)CC2)N(Cc2ccc(F)cc2)C1=O. The first-order chi connectivity index (χ1) is 14.8. The summed E-state index contributed by atoms with van der Waals surface area (Å²) in [6.07, 6.45) is 1.15.